The van der Waals surface area contributed by atoms with Crippen LogP contribution in [0.4, 0.5) is 11.4 Å². The lowest BCUT2D eigenvalue weighted by molar-refractivity contribution is -0.384. The summed E-state index contributed by atoms with van der Waals surface area (Å²) in [5.74, 6) is 0. The van der Waals surface area contributed by atoms with Crippen LogP contribution < -0.4 is 4.90 Å². The molecular weight excluding hydrogens is 212 g/mol. The normalized spacial score (nSPS) is 26.2. The summed E-state index contributed by atoms with van der Waals surface area (Å²) < 4.78 is 10.4. The summed E-state index contributed by atoms with van der Waals surface area (Å²) in [5, 5.41) is 10.5. The Labute approximate surface area is 91.5 Å². The molecule has 0 radical (unpaired) electrons. The van der Waals surface area contributed by atoms with E-state index in [4.69, 9.17) is 9.47 Å². The van der Waals surface area contributed by atoms with Crippen molar-refractivity contribution in [1.29, 1.82) is 0 Å². The SMILES string of the molecule is O=[N+]([O-])c1ccc(N(C2CO2)C2CO2)cc1. The number of nitro benzene ring substituents is 1. The molecule has 2 fully saturated rings. The molecule has 2 unspecified atom stereocenters. The first-order valence-corrected chi connectivity index (χ1v) is 5.02. The van der Waals surface area contributed by atoms with Gasteiger partial charge in [0.2, 0.25) is 0 Å². The molecule has 3 rings (SSSR count). The van der Waals surface area contributed by atoms with Gasteiger partial charge in [-0.15, -0.1) is 0 Å². The van der Waals surface area contributed by atoms with Gasteiger partial charge in [-0.25, -0.2) is 0 Å². The summed E-state index contributed by atoms with van der Waals surface area (Å²) >= 11 is 0. The van der Waals surface area contributed by atoms with Crippen LogP contribution in [0.25, 0.3) is 0 Å². The molecule has 6 heteroatoms. The predicted molar refractivity (Wildman–Crippen MR) is 55.1 cm³/mol. The van der Waals surface area contributed by atoms with Gasteiger partial charge >= 0.3 is 0 Å². The van der Waals surface area contributed by atoms with Gasteiger partial charge in [-0.05, 0) is 12.1 Å². The topological polar surface area (TPSA) is 71.4 Å². The zero-order chi connectivity index (χ0) is 11.1. The van der Waals surface area contributed by atoms with Crippen molar-refractivity contribution in [2.24, 2.45) is 0 Å². The number of anilines is 1. The zero-order valence-electron chi connectivity index (χ0n) is 8.41. The van der Waals surface area contributed by atoms with E-state index < -0.39 is 4.92 Å². The van der Waals surface area contributed by atoms with Crippen molar-refractivity contribution >= 4 is 11.4 Å². The number of rotatable bonds is 4. The van der Waals surface area contributed by atoms with Gasteiger partial charge in [0, 0.05) is 17.8 Å². The molecule has 2 aliphatic heterocycles. The van der Waals surface area contributed by atoms with E-state index in [1.165, 1.54) is 12.1 Å². The highest BCUT2D eigenvalue weighted by molar-refractivity contribution is 5.53. The van der Waals surface area contributed by atoms with Gasteiger partial charge in [0.05, 0.1) is 18.1 Å². The fourth-order valence-electron chi connectivity index (χ4n) is 1.67. The van der Waals surface area contributed by atoms with Crippen LogP contribution in [0.2, 0.25) is 0 Å². The number of nitrogens with zero attached hydrogens (tertiary/aromatic N) is 2. The van der Waals surface area contributed by atoms with Gasteiger partial charge < -0.3 is 14.4 Å². The standard InChI is InChI=1S/C10H10N2O4/c13-12(14)8-3-1-7(2-4-8)11(9-5-15-9)10-6-16-10/h1-4,9-10H,5-6H2. The van der Waals surface area contributed by atoms with Gasteiger partial charge in [-0.2, -0.15) is 0 Å². The minimum Gasteiger partial charge on any atom is -0.351 e. The Morgan fingerprint density at radius 3 is 2.06 bits per heavy atom. The molecule has 16 heavy (non-hydrogen) atoms. The van der Waals surface area contributed by atoms with Crippen LogP contribution in [-0.2, 0) is 9.47 Å². The van der Waals surface area contributed by atoms with Crippen molar-refractivity contribution in [1.82, 2.24) is 0 Å². The van der Waals surface area contributed by atoms with Gasteiger partial charge in [0.1, 0.15) is 0 Å². The van der Waals surface area contributed by atoms with Crippen molar-refractivity contribution in [3.05, 3.63) is 34.4 Å². The molecule has 84 valence electrons. The highest BCUT2D eigenvalue weighted by atomic mass is 16.6. The van der Waals surface area contributed by atoms with E-state index in [9.17, 15) is 10.1 Å². The maximum atomic E-state index is 10.5. The number of epoxide rings is 2. The van der Waals surface area contributed by atoms with E-state index in [0.29, 0.717) is 13.2 Å². The monoisotopic (exact) mass is 222 g/mol. The molecule has 2 aliphatic rings. The highest BCUT2D eigenvalue weighted by Gasteiger charge is 2.41. The summed E-state index contributed by atoms with van der Waals surface area (Å²) in [5.41, 5.74) is 0.993. The molecular formula is C10H10N2O4. The van der Waals surface area contributed by atoms with Gasteiger partial charge in [0.25, 0.3) is 5.69 Å². The third kappa shape index (κ3) is 1.72. The lowest BCUT2D eigenvalue weighted by Gasteiger charge is -2.19. The molecule has 0 spiro atoms. The fraction of sp³-hybridized carbons (Fsp3) is 0.400. The lowest BCUT2D eigenvalue weighted by atomic mass is 10.2. The number of hydrogen-bond donors (Lipinski definition) is 0. The molecule has 0 N–H and O–H groups in total. The van der Waals surface area contributed by atoms with Crippen LogP contribution >= 0.6 is 0 Å². The molecule has 0 amide bonds. The summed E-state index contributed by atoms with van der Waals surface area (Å²) in [7, 11) is 0. The first kappa shape index (κ1) is 9.56. The van der Waals surface area contributed by atoms with Crippen LogP contribution in [0.1, 0.15) is 0 Å². The number of nitro groups is 1. The number of hydrogen-bond acceptors (Lipinski definition) is 5. The molecule has 0 aromatic heterocycles. The summed E-state index contributed by atoms with van der Waals surface area (Å²) in [6.45, 7) is 1.38. The predicted octanol–water partition coefficient (Wildman–Crippen LogP) is 1.11. The smallest absolute Gasteiger partial charge is 0.269 e. The van der Waals surface area contributed by atoms with Crippen LogP contribution in [0.3, 0.4) is 0 Å². The van der Waals surface area contributed by atoms with E-state index in [0.717, 1.165) is 5.69 Å². The Kier molecular flexibility index (Phi) is 2.05. The average molecular weight is 222 g/mol. The Morgan fingerprint density at radius 1 is 1.19 bits per heavy atom. The zero-order valence-corrected chi connectivity index (χ0v) is 8.41. The highest BCUT2D eigenvalue weighted by Crippen LogP contribution is 2.32. The maximum absolute atomic E-state index is 10.5. The van der Waals surface area contributed by atoms with Crippen molar-refractivity contribution in [2.75, 3.05) is 18.1 Å². The molecule has 2 heterocycles. The first-order chi connectivity index (χ1) is 7.75. The van der Waals surface area contributed by atoms with Crippen molar-refractivity contribution < 1.29 is 14.4 Å². The number of ether oxygens (including phenoxy) is 2. The van der Waals surface area contributed by atoms with Gasteiger partial charge in [0.15, 0.2) is 12.5 Å². The third-order valence-electron chi connectivity index (χ3n) is 2.61. The van der Waals surface area contributed by atoms with E-state index in [2.05, 4.69) is 0 Å². The fourth-order valence-corrected chi connectivity index (χ4v) is 1.67. The van der Waals surface area contributed by atoms with Crippen molar-refractivity contribution in [3.8, 4) is 0 Å². The molecule has 2 atom stereocenters. The first-order valence-electron chi connectivity index (χ1n) is 5.02. The third-order valence-corrected chi connectivity index (χ3v) is 2.61. The van der Waals surface area contributed by atoms with Crippen LogP contribution in [0.15, 0.2) is 24.3 Å². The quantitative estimate of drug-likeness (QED) is 0.433. The molecule has 1 aromatic carbocycles. The van der Waals surface area contributed by atoms with Crippen molar-refractivity contribution in [3.63, 3.8) is 0 Å². The van der Waals surface area contributed by atoms with E-state index in [-0.39, 0.29) is 18.1 Å². The second-order valence-electron chi connectivity index (χ2n) is 3.76. The molecule has 0 saturated carbocycles. The maximum Gasteiger partial charge on any atom is 0.269 e. The molecule has 0 aliphatic carbocycles. The van der Waals surface area contributed by atoms with E-state index in [1.54, 1.807) is 12.1 Å². The van der Waals surface area contributed by atoms with Crippen molar-refractivity contribution in [2.45, 2.75) is 12.5 Å². The van der Waals surface area contributed by atoms with E-state index in [1.807, 2.05) is 4.90 Å². The summed E-state index contributed by atoms with van der Waals surface area (Å²) in [4.78, 5) is 12.1. The molecule has 6 nitrogen and oxygen atoms in total. The van der Waals surface area contributed by atoms with E-state index >= 15 is 0 Å². The largest absolute Gasteiger partial charge is 0.351 e. The Balaban J connectivity index is 1.84. The van der Waals surface area contributed by atoms with Gasteiger partial charge in [-0.3, -0.25) is 10.1 Å². The van der Waals surface area contributed by atoms with Crippen LogP contribution in [0.5, 0.6) is 0 Å². The number of benzene rings is 1. The number of non-ortho nitro benzene ring substituents is 1. The summed E-state index contributed by atoms with van der Waals surface area (Å²) in [6, 6.07) is 6.43. The lowest BCUT2D eigenvalue weighted by Crippen LogP contribution is -2.29. The Morgan fingerprint density at radius 2 is 1.69 bits per heavy atom. The average Bonchev–Trinajstić information content (AvgIpc) is 3.13. The molecule has 0 bridgehead atoms. The second kappa shape index (κ2) is 3.43. The Hall–Kier alpha value is -1.66. The minimum atomic E-state index is -0.407. The summed E-state index contributed by atoms with van der Waals surface area (Å²) in [6.07, 6.45) is 0.128. The minimum absolute atomic E-state index is 0.0638. The Bertz CT molecular complexity index is 399. The molecule has 1 aromatic rings. The van der Waals surface area contributed by atoms with Crippen LogP contribution in [0, 0.1) is 10.1 Å². The molecule has 2 saturated heterocycles. The van der Waals surface area contributed by atoms with Crippen LogP contribution in [-0.4, -0.2) is 30.6 Å². The second-order valence-corrected chi connectivity index (χ2v) is 3.76. The van der Waals surface area contributed by atoms with Gasteiger partial charge in [-0.1, -0.05) is 0 Å².